The molecule has 1 saturated carbocycles. The molecule has 38 heavy (non-hydrogen) atoms. The molecule has 1 amide bonds. The average Bonchev–Trinajstić information content (AvgIpc) is 3.43. The largest absolute Gasteiger partial charge is 0.461 e. The Balaban J connectivity index is 1.51. The Labute approximate surface area is 241 Å². The van der Waals surface area contributed by atoms with Gasteiger partial charge in [-0.2, -0.15) is 0 Å². The quantitative estimate of drug-likeness (QED) is 0.183. The lowest BCUT2D eigenvalue weighted by Gasteiger charge is -2.27. The van der Waals surface area contributed by atoms with Crippen molar-refractivity contribution in [1.29, 1.82) is 0 Å². The van der Waals surface area contributed by atoms with Gasteiger partial charge in [0.25, 0.3) is 0 Å². The molecule has 0 radical (unpaired) electrons. The molecule has 1 fully saturated rings. The van der Waals surface area contributed by atoms with E-state index in [1.165, 1.54) is 11.3 Å². The maximum Gasteiger partial charge on any atom is 0.348 e. The summed E-state index contributed by atoms with van der Waals surface area (Å²) in [6.45, 7) is -1.40. The minimum absolute atomic E-state index is 0.0860. The third kappa shape index (κ3) is 8.55. The Morgan fingerprint density at radius 3 is 2.37 bits per heavy atom. The Bertz CT molecular complexity index is 1070. The van der Waals surface area contributed by atoms with E-state index < -0.39 is 36.6 Å². The molecule has 0 spiro atoms. The zero-order valence-corrected chi connectivity index (χ0v) is 24.0. The van der Waals surface area contributed by atoms with Crippen LogP contribution in [0, 0.1) is 17.3 Å². The van der Waals surface area contributed by atoms with Crippen LogP contribution in [0.5, 0.6) is 0 Å². The zero-order chi connectivity index (χ0) is 27.9. The highest BCUT2D eigenvalue weighted by atomic mass is 35.5. The van der Waals surface area contributed by atoms with Crippen molar-refractivity contribution in [3.05, 3.63) is 55.7 Å². The Kier molecular flexibility index (Phi) is 11.7. The van der Waals surface area contributed by atoms with Gasteiger partial charge in [-0.1, -0.05) is 23.2 Å². The number of ether oxygens (including phenoxy) is 1. The standard InChI is InChI=1S/C27H34Cl3NO6S/c28-17-8-16(9-18(29)10-17)4-6-21-20(22(30)11-23(21)34)3-1-2-19-5-7-24(38-19)26(36)37-15-27(13-32,14-33)12-25(31)35/h5,7-10,20-23,32-34H,1-4,6,11-15H2,(H2,31,35)/t20-,21-,22-,23-/m1/s1. The number of alkyl halides is 1. The van der Waals surface area contributed by atoms with Gasteiger partial charge >= 0.3 is 5.97 Å². The van der Waals surface area contributed by atoms with Crippen molar-refractivity contribution in [2.24, 2.45) is 23.0 Å². The number of carbonyl (C=O) groups excluding carboxylic acids is 2. The summed E-state index contributed by atoms with van der Waals surface area (Å²) in [5.74, 6) is -1.02. The lowest BCUT2D eigenvalue weighted by molar-refractivity contribution is -0.123. The van der Waals surface area contributed by atoms with Gasteiger partial charge in [0.2, 0.25) is 5.91 Å². The number of benzene rings is 1. The molecule has 4 atom stereocenters. The molecule has 2 aromatic rings. The maximum absolute atomic E-state index is 12.5. The van der Waals surface area contributed by atoms with Gasteiger partial charge in [0.05, 0.1) is 24.7 Å². The van der Waals surface area contributed by atoms with E-state index in [0.717, 1.165) is 42.5 Å². The molecule has 1 aliphatic carbocycles. The first kappa shape index (κ1) is 31.1. The number of halogens is 3. The summed E-state index contributed by atoms with van der Waals surface area (Å²) in [5.41, 5.74) is 4.92. The summed E-state index contributed by atoms with van der Waals surface area (Å²) in [6, 6.07) is 9.04. The Morgan fingerprint density at radius 1 is 1.05 bits per heavy atom. The number of aliphatic hydroxyl groups excluding tert-OH is 3. The minimum Gasteiger partial charge on any atom is -0.461 e. The van der Waals surface area contributed by atoms with Gasteiger partial charge in [-0.05, 0) is 86.3 Å². The smallest absolute Gasteiger partial charge is 0.348 e. The highest BCUT2D eigenvalue weighted by Gasteiger charge is 2.40. The molecule has 0 bridgehead atoms. The van der Waals surface area contributed by atoms with Crippen LogP contribution in [0.2, 0.25) is 10.0 Å². The van der Waals surface area contributed by atoms with Crippen LogP contribution in [-0.2, 0) is 22.4 Å². The van der Waals surface area contributed by atoms with Crippen LogP contribution in [-0.4, -0.2) is 58.5 Å². The van der Waals surface area contributed by atoms with E-state index in [9.17, 15) is 24.9 Å². The van der Waals surface area contributed by atoms with Gasteiger partial charge in [0.1, 0.15) is 11.5 Å². The zero-order valence-electron chi connectivity index (χ0n) is 21.0. The lowest BCUT2D eigenvalue weighted by atomic mass is 9.85. The molecule has 1 aromatic heterocycles. The second kappa shape index (κ2) is 14.3. The highest BCUT2D eigenvalue weighted by Crippen LogP contribution is 2.42. The number of amides is 1. The highest BCUT2D eigenvalue weighted by molar-refractivity contribution is 7.13. The fraction of sp³-hybridized carbons (Fsp3) is 0.556. The Morgan fingerprint density at radius 2 is 1.74 bits per heavy atom. The van der Waals surface area contributed by atoms with Crippen LogP contribution in [0.25, 0.3) is 0 Å². The van der Waals surface area contributed by atoms with E-state index in [1.54, 1.807) is 12.1 Å². The van der Waals surface area contributed by atoms with Gasteiger partial charge in [0, 0.05) is 26.7 Å². The molecular formula is C27H34Cl3NO6S. The van der Waals surface area contributed by atoms with Crippen molar-refractivity contribution in [2.45, 2.75) is 56.4 Å². The van der Waals surface area contributed by atoms with Crippen molar-refractivity contribution in [3.8, 4) is 0 Å². The SMILES string of the molecule is NC(=O)CC(CO)(CO)COC(=O)c1ccc(CCC[C@@H]2[C@@H](CCc3cc(Cl)cc(Cl)c3)[C@H](O)C[C@H]2Cl)s1. The number of esters is 1. The van der Waals surface area contributed by atoms with Crippen LogP contribution in [0.4, 0.5) is 0 Å². The van der Waals surface area contributed by atoms with Crippen molar-refractivity contribution in [3.63, 3.8) is 0 Å². The minimum atomic E-state index is -1.30. The van der Waals surface area contributed by atoms with Crippen molar-refractivity contribution in [1.82, 2.24) is 0 Å². The average molecular weight is 607 g/mol. The van der Waals surface area contributed by atoms with E-state index in [-0.39, 0.29) is 30.2 Å². The lowest BCUT2D eigenvalue weighted by Crippen LogP contribution is -2.39. The van der Waals surface area contributed by atoms with Crippen LogP contribution in [0.15, 0.2) is 30.3 Å². The number of aliphatic hydroxyl groups is 3. The predicted octanol–water partition coefficient (Wildman–Crippen LogP) is 4.62. The number of primary amides is 1. The summed E-state index contributed by atoms with van der Waals surface area (Å²) in [6.07, 6.45) is 3.84. The molecule has 7 nitrogen and oxygen atoms in total. The second-order valence-electron chi connectivity index (χ2n) is 10.2. The van der Waals surface area contributed by atoms with Crippen LogP contribution in [0.3, 0.4) is 0 Å². The normalized spacial score (nSPS) is 21.5. The van der Waals surface area contributed by atoms with E-state index in [1.807, 2.05) is 18.2 Å². The van der Waals surface area contributed by atoms with Crippen LogP contribution < -0.4 is 5.73 Å². The fourth-order valence-corrected chi connectivity index (χ4v) is 7.13. The van der Waals surface area contributed by atoms with E-state index in [2.05, 4.69) is 0 Å². The van der Waals surface area contributed by atoms with Crippen molar-refractivity contribution >= 4 is 58.0 Å². The third-order valence-corrected chi connectivity index (χ3v) is 9.28. The molecule has 1 heterocycles. The van der Waals surface area contributed by atoms with Crippen LogP contribution in [0.1, 0.15) is 52.2 Å². The third-order valence-electron chi connectivity index (χ3n) is 7.22. The van der Waals surface area contributed by atoms with Gasteiger partial charge < -0.3 is 25.8 Å². The topological polar surface area (TPSA) is 130 Å². The van der Waals surface area contributed by atoms with Crippen LogP contribution >= 0.6 is 46.1 Å². The number of aryl methyl sites for hydroxylation is 2. The molecule has 1 aliphatic rings. The van der Waals surface area contributed by atoms with E-state index >= 15 is 0 Å². The van der Waals surface area contributed by atoms with E-state index in [4.69, 9.17) is 45.3 Å². The molecule has 5 N–H and O–H groups in total. The first-order valence-corrected chi connectivity index (χ1v) is 14.6. The Hall–Kier alpha value is -1.39. The molecular weight excluding hydrogens is 573 g/mol. The first-order valence-electron chi connectivity index (χ1n) is 12.6. The van der Waals surface area contributed by atoms with Gasteiger partial charge in [-0.25, -0.2) is 4.79 Å². The van der Waals surface area contributed by atoms with E-state index in [0.29, 0.717) is 21.3 Å². The molecule has 11 heteroatoms. The molecule has 210 valence electrons. The molecule has 0 aliphatic heterocycles. The number of hydrogen-bond acceptors (Lipinski definition) is 7. The first-order chi connectivity index (χ1) is 18.1. The molecule has 0 unspecified atom stereocenters. The van der Waals surface area contributed by atoms with Crippen molar-refractivity contribution < 1.29 is 29.6 Å². The van der Waals surface area contributed by atoms with Crippen molar-refractivity contribution in [2.75, 3.05) is 19.8 Å². The van der Waals surface area contributed by atoms with Gasteiger partial charge in [-0.15, -0.1) is 22.9 Å². The number of rotatable bonds is 14. The number of thiophene rings is 1. The van der Waals surface area contributed by atoms with Gasteiger partial charge in [-0.3, -0.25) is 4.79 Å². The summed E-state index contributed by atoms with van der Waals surface area (Å²) < 4.78 is 5.28. The number of carbonyl (C=O) groups is 2. The monoisotopic (exact) mass is 605 g/mol. The molecule has 3 rings (SSSR count). The molecule has 1 aromatic carbocycles. The molecule has 0 saturated heterocycles. The van der Waals surface area contributed by atoms with Gasteiger partial charge in [0.15, 0.2) is 0 Å². The summed E-state index contributed by atoms with van der Waals surface area (Å²) >= 11 is 20.2. The predicted molar refractivity (Wildman–Crippen MR) is 150 cm³/mol. The summed E-state index contributed by atoms with van der Waals surface area (Å²) in [5, 5.41) is 30.9. The second-order valence-corrected chi connectivity index (χ2v) is 12.8. The fourth-order valence-electron chi connectivity index (χ4n) is 5.12. The summed E-state index contributed by atoms with van der Waals surface area (Å²) in [7, 11) is 0. The summed E-state index contributed by atoms with van der Waals surface area (Å²) in [4.78, 5) is 25.2. The number of hydrogen-bond donors (Lipinski definition) is 4. The maximum atomic E-state index is 12.5. The number of nitrogens with two attached hydrogens (primary N) is 1.